The number of hydrogen-bond donors (Lipinski definition) is 1. The number of hydrogen-bond acceptors (Lipinski definition) is 10. The van der Waals surface area contributed by atoms with Crippen LogP contribution in [0, 0.1) is 5.92 Å². The van der Waals surface area contributed by atoms with Gasteiger partial charge < -0.3 is 29.0 Å². The lowest BCUT2D eigenvalue weighted by Gasteiger charge is -2.56. The van der Waals surface area contributed by atoms with Crippen molar-refractivity contribution >= 4 is 30.0 Å². The van der Waals surface area contributed by atoms with E-state index < -0.39 is 35.1 Å². The molecule has 1 fully saturated rings. The lowest BCUT2D eigenvalue weighted by molar-refractivity contribution is -0.173. The second kappa shape index (κ2) is 9.30. The molecule has 192 valence electrons. The molecule has 1 aromatic carbocycles. The van der Waals surface area contributed by atoms with Crippen LogP contribution in [0.25, 0.3) is 0 Å². The van der Waals surface area contributed by atoms with Crippen LogP contribution in [0.5, 0.6) is 5.75 Å². The molecule has 0 aromatic heterocycles. The van der Waals surface area contributed by atoms with E-state index in [1.165, 1.54) is 20.3 Å². The Morgan fingerprint density at radius 1 is 1.11 bits per heavy atom. The first-order chi connectivity index (χ1) is 17.3. The Morgan fingerprint density at radius 2 is 1.86 bits per heavy atom. The normalized spacial score (nSPS) is 26.6. The van der Waals surface area contributed by atoms with E-state index in [1.54, 1.807) is 29.3 Å². The molecule has 2 heterocycles. The molecule has 0 bridgehead atoms. The highest BCUT2D eigenvalue weighted by molar-refractivity contribution is 6.02. The Hall–Kier alpha value is -3.86. The number of rotatable bonds is 5. The molecule has 1 spiro atoms. The highest BCUT2D eigenvalue weighted by atomic mass is 16.6. The van der Waals surface area contributed by atoms with Crippen LogP contribution < -0.4 is 9.64 Å². The smallest absolute Gasteiger partial charge is 0.417 e. The number of ether oxygens (including phenoxy) is 4. The van der Waals surface area contributed by atoms with Crippen molar-refractivity contribution < 1.29 is 43.2 Å². The van der Waals surface area contributed by atoms with Crippen LogP contribution in [0.4, 0.5) is 10.5 Å². The average molecular weight is 501 g/mol. The largest absolute Gasteiger partial charge is 0.495 e. The van der Waals surface area contributed by atoms with Crippen LogP contribution in [0.2, 0.25) is 0 Å². The summed E-state index contributed by atoms with van der Waals surface area (Å²) in [7, 11) is 4.93. The van der Waals surface area contributed by atoms with Crippen molar-refractivity contribution in [1.82, 2.24) is 4.90 Å². The molecule has 11 heteroatoms. The minimum atomic E-state index is -2.50. The minimum absolute atomic E-state index is 0.126. The van der Waals surface area contributed by atoms with Crippen molar-refractivity contribution in [3.8, 4) is 5.75 Å². The average Bonchev–Trinajstić information content (AvgIpc) is 3.29. The SMILES string of the molecule is COC(=O)C1=C2N(C=CC=O)CCC23c2cccc(OC)c2N(C(=O)OC)C(O)(C(=O)OC)C3CC1. The molecule has 0 radical (unpaired) electrons. The molecule has 4 rings (SSSR count). The van der Waals surface area contributed by atoms with Gasteiger partial charge in [0.1, 0.15) is 12.0 Å². The second-order valence-corrected chi connectivity index (χ2v) is 8.68. The quantitative estimate of drug-likeness (QED) is 0.275. The molecule has 3 unspecified atom stereocenters. The summed E-state index contributed by atoms with van der Waals surface area (Å²) in [6.45, 7) is 0.364. The highest BCUT2D eigenvalue weighted by Crippen LogP contribution is 2.64. The van der Waals surface area contributed by atoms with Crippen molar-refractivity contribution in [3.05, 3.63) is 47.3 Å². The molecule has 1 aliphatic carbocycles. The Labute approximate surface area is 207 Å². The molecule has 11 nitrogen and oxygen atoms in total. The predicted molar refractivity (Wildman–Crippen MR) is 125 cm³/mol. The maximum Gasteiger partial charge on any atom is 0.417 e. The Bertz CT molecular complexity index is 1180. The molecule has 1 N–H and O–H groups in total. The van der Waals surface area contributed by atoms with E-state index in [1.807, 2.05) is 0 Å². The number of carbonyl (C=O) groups is 4. The lowest BCUT2D eigenvalue weighted by Crippen LogP contribution is -2.70. The maximum absolute atomic E-state index is 13.3. The summed E-state index contributed by atoms with van der Waals surface area (Å²) < 4.78 is 20.7. The van der Waals surface area contributed by atoms with Gasteiger partial charge in [-0.05, 0) is 37.0 Å². The van der Waals surface area contributed by atoms with Gasteiger partial charge in [-0.2, -0.15) is 0 Å². The van der Waals surface area contributed by atoms with Crippen LogP contribution in [0.3, 0.4) is 0 Å². The molecular weight excluding hydrogens is 472 g/mol. The van der Waals surface area contributed by atoms with E-state index in [-0.39, 0.29) is 24.3 Å². The van der Waals surface area contributed by atoms with Crippen LogP contribution >= 0.6 is 0 Å². The molecule has 2 aliphatic heterocycles. The van der Waals surface area contributed by atoms with Crippen molar-refractivity contribution in [2.45, 2.75) is 30.4 Å². The third-order valence-corrected chi connectivity index (χ3v) is 7.39. The van der Waals surface area contributed by atoms with Gasteiger partial charge in [-0.1, -0.05) is 12.1 Å². The molecule has 1 amide bonds. The van der Waals surface area contributed by atoms with Crippen molar-refractivity contribution in [2.75, 3.05) is 39.9 Å². The van der Waals surface area contributed by atoms with E-state index in [9.17, 15) is 24.3 Å². The molecule has 1 saturated heterocycles. The molecule has 0 saturated carbocycles. The number of likely N-dealkylation sites (tertiary alicyclic amines) is 1. The summed E-state index contributed by atoms with van der Waals surface area (Å²) in [4.78, 5) is 53.2. The summed E-state index contributed by atoms with van der Waals surface area (Å²) in [6, 6.07) is 5.09. The van der Waals surface area contributed by atoms with Crippen LogP contribution in [0.15, 0.2) is 41.7 Å². The number of fused-ring (bicyclic) bond motifs is 1. The van der Waals surface area contributed by atoms with E-state index in [0.29, 0.717) is 36.1 Å². The molecule has 36 heavy (non-hydrogen) atoms. The number of methoxy groups -OCH3 is 4. The summed E-state index contributed by atoms with van der Waals surface area (Å²) >= 11 is 0. The van der Waals surface area contributed by atoms with Crippen molar-refractivity contribution in [2.24, 2.45) is 5.92 Å². The standard InChI is InChI=1S/C25H28N2O9/c1-33-17-8-5-7-16-19(17)27(23(31)36-4)25(32,22(30)35-3)18-10-9-15(21(29)34-2)20-24(16,18)11-13-26(20)12-6-14-28/h5-8,12,14,18,32H,9-11,13H2,1-4H3. The zero-order valence-electron chi connectivity index (χ0n) is 20.5. The summed E-state index contributed by atoms with van der Waals surface area (Å²) in [5.74, 6) is -2.35. The van der Waals surface area contributed by atoms with Gasteiger partial charge >= 0.3 is 18.0 Å². The van der Waals surface area contributed by atoms with E-state index in [0.717, 1.165) is 19.1 Å². The Balaban J connectivity index is 2.16. The van der Waals surface area contributed by atoms with Crippen LogP contribution in [-0.2, 0) is 34.0 Å². The first-order valence-corrected chi connectivity index (χ1v) is 11.3. The van der Waals surface area contributed by atoms with Gasteiger partial charge in [-0.25, -0.2) is 19.3 Å². The van der Waals surface area contributed by atoms with E-state index in [2.05, 4.69) is 0 Å². The summed E-state index contributed by atoms with van der Waals surface area (Å²) in [6.07, 6.45) is 3.13. The van der Waals surface area contributed by atoms with Gasteiger partial charge in [0, 0.05) is 29.8 Å². The van der Waals surface area contributed by atoms with E-state index >= 15 is 0 Å². The predicted octanol–water partition coefficient (Wildman–Crippen LogP) is 1.64. The van der Waals surface area contributed by atoms with E-state index in [4.69, 9.17) is 18.9 Å². The number of aldehydes is 1. The van der Waals surface area contributed by atoms with Gasteiger partial charge in [0.25, 0.3) is 5.72 Å². The van der Waals surface area contributed by atoms with Crippen molar-refractivity contribution in [3.63, 3.8) is 0 Å². The van der Waals surface area contributed by atoms with Gasteiger partial charge in [-0.3, -0.25) is 4.79 Å². The third kappa shape index (κ3) is 3.22. The number of anilines is 1. The first kappa shape index (κ1) is 25.2. The van der Waals surface area contributed by atoms with Gasteiger partial charge in [-0.15, -0.1) is 0 Å². The highest BCUT2D eigenvalue weighted by Gasteiger charge is 2.70. The number of esters is 2. The van der Waals surface area contributed by atoms with Gasteiger partial charge in [0.2, 0.25) is 0 Å². The minimum Gasteiger partial charge on any atom is -0.495 e. The fourth-order valence-electron chi connectivity index (χ4n) is 6.13. The second-order valence-electron chi connectivity index (χ2n) is 8.68. The Kier molecular flexibility index (Phi) is 6.52. The number of allylic oxidation sites excluding steroid dienone is 2. The number of benzene rings is 1. The molecule has 3 aliphatic rings. The monoisotopic (exact) mass is 500 g/mol. The number of aliphatic hydroxyl groups is 1. The fourth-order valence-corrected chi connectivity index (χ4v) is 6.13. The zero-order chi connectivity index (χ0) is 26.3. The lowest BCUT2D eigenvalue weighted by atomic mass is 9.56. The molecule has 1 aromatic rings. The summed E-state index contributed by atoms with van der Waals surface area (Å²) in [5, 5.41) is 12.2. The zero-order valence-corrected chi connectivity index (χ0v) is 20.5. The topological polar surface area (TPSA) is 132 Å². The maximum atomic E-state index is 13.3. The first-order valence-electron chi connectivity index (χ1n) is 11.3. The third-order valence-electron chi connectivity index (χ3n) is 7.39. The molecular formula is C25H28N2O9. The Morgan fingerprint density at radius 3 is 2.47 bits per heavy atom. The number of nitrogens with zero attached hydrogens (tertiary/aromatic N) is 2. The van der Waals surface area contributed by atoms with Gasteiger partial charge in [0.15, 0.2) is 0 Å². The van der Waals surface area contributed by atoms with Crippen molar-refractivity contribution in [1.29, 1.82) is 0 Å². The number of amides is 1. The summed E-state index contributed by atoms with van der Waals surface area (Å²) in [5.41, 5.74) is -2.10. The van der Waals surface area contributed by atoms with Gasteiger partial charge in [0.05, 0.1) is 39.7 Å². The molecule has 3 atom stereocenters. The number of para-hydroxylation sites is 1. The van der Waals surface area contributed by atoms with Crippen LogP contribution in [0.1, 0.15) is 24.8 Å². The fraction of sp³-hybridized carbons (Fsp3) is 0.440. The van der Waals surface area contributed by atoms with Crippen LogP contribution in [-0.4, -0.2) is 75.0 Å². The number of carbonyl (C=O) groups excluding carboxylic acids is 4.